The van der Waals surface area contributed by atoms with E-state index in [1.165, 1.54) is 6.42 Å². The molecular weight excluding hydrogens is 284 g/mol. The molecule has 0 aromatic carbocycles. The summed E-state index contributed by atoms with van der Waals surface area (Å²) < 4.78 is 0. The monoisotopic (exact) mass is 308 g/mol. The fourth-order valence-corrected chi connectivity index (χ4v) is 3.68. The lowest BCUT2D eigenvalue weighted by Gasteiger charge is -2.38. The maximum Gasteiger partial charge on any atom is 0.319 e. The first-order valence-electron chi connectivity index (χ1n) is 8.36. The summed E-state index contributed by atoms with van der Waals surface area (Å²) in [5.74, 6) is -0.876. The molecule has 0 radical (unpaired) electrons. The molecule has 2 saturated carbocycles. The fourth-order valence-electron chi connectivity index (χ4n) is 3.68. The summed E-state index contributed by atoms with van der Waals surface area (Å²) in [4.78, 5) is 39.5. The number of rotatable bonds is 3. The molecule has 3 rings (SSSR count). The molecule has 1 aliphatic heterocycles. The minimum Gasteiger partial charge on any atom is -0.480 e. The summed E-state index contributed by atoms with van der Waals surface area (Å²) in [5, 5.41) is 9.20. The maximum atomic E-state index is 12.5. The Kier molecular flexibility index (Phi) is 4.10. The average molecular weight is 308 g/mol. The molecule has 1 N–H and O–H groups in total. The lowest BCUT2D eigenvalue weighted by Crippen LogP contribution is -2.54. The van der Waals surface area contributed by atoms with Crippen LogP contribution in [0.2, 0.25) is 0 Å². The summed E-state index contributed by atoms with van der Waals surface area (Å²) in [6, 6.07) is 0. The van der Waals surface area contributed by atoms with E-state index in [0.29, 0.717) is 39.0 Å². The first kappa shape index (κ1) is 15.3. The van der Waals surface area contributed by atoms with Gasteiger partial charge in [-0.1, -0.05) is 19.3 Å². The molecule has 0 aromatic rings. The summed E-state index contributed by atoms with van der Waals surface area (Å²) in [6.07, 6.45) is 6.36. The Hall–Kier alpha value is -1.59. The quantitative estimate of drug-likeness (QED) is 0.792. The number of hydrogen-bond donors (Lipinski definition) is 1. The van der Waals surface area contributed by atoms with Crippen LogP contribution in [0.3, 0.4) is 0 Å². The van der Waals surface area contributed by atoms with Crippen LogP contribution in [0, 0.1) is 11.3 Å². The molecule has 2 amide bonds. The highest BCUT2D eigenvalue weighted by Crippen LogP contribution is 2.47. The van der Waals surface area contributed by atoms with Gasteiger partial charge in [-0.05, 0) is 25.7 Å². The average Bonchev–Trinajstić information content (AvgIpc) is 3.36. The van der Waals surface area contributed by atoms with Crippen LogP contribution >= 0.6 is 0 Å². The van der Waals surface area contributed by atoms with E-state index >= 15 is 0 Å². The highest BCUT2D eigenvalue weighted by Gasteiger charge is 2.58. The number of carbonyl (C=O) groups is 3. The predicted molar refractivity (Wildman–Crippen MR) is 79.0 cm³/mol. The van der Waals surface area contributed by atoms with Gasteiger partial charge < -0.3 is 14.9 Å². The molecule has 0 aromatic heterocycles. The topological polar surface area (TPSA) is 77.9 Å². The highest BCUT2D eigenvalue weighted by atomic mass is 16.4. The first-order valence-corrected chi connectivity index (χ1v) is 8.36. The molecule has 2 aliphatic carbocycles. The predicted octanol–water partition coefficient (Wildman–Crippen LogP) is 1.10. The minimum absolute atomic E-state index is 0.157. The van der Waals surface area contributed by atoms with Crippen molar-refractivity contribution in [3.63, 3.8) is 0 Å². The van der Waals surface area contributed by atoms with Gasteiger partial charge in [0.05, 0.1) is 0 Å². The van der Waals surface area contributed by atoms with Crippen LogP contribution in [0.4, 0.5) is 0 Å². The molecule has 6 heteroatoms. The zero-order valence-electron chi connectivity index (χ0n) is 12.9. The Bertz CT molecular complexity index is 473. The van der Waals surface area contributed by atoms with Gasteiger partial charge in [0.1, 0.15) is 5.41 Å². The Balaban J connectivity index is 1.53. The molecule has 0 spiro atoms. The van der Waals surface area contributed by atoms with Crippen LogP contribution in [0.25, 0.3) is 0 Å². The third-order valence-electron chi connectivity index (χ3n) is 5.40. The van der Waals surface area contributed by atoms with E-state index in [-0.39, 0.29) is 17.7 Å². The van der Waals surface area contributed by atoms with Crippen molar-refractivity contribution in [2.75, 3.05) is 26.2 Å². The van der Waals surface area contributed by atoms with Crippen LogP contribution in [0.15, 0.2) is 0 Å². The SMILES string of the molecule is O=C(C1CCCCC1)N1CCN(C(=O)C2(C(=O)O)CC2)CC1. The molecule has 1 heterocycles. The van der Waals surface area contributed by atoms with Gasteiger partial charge in [0.25, 0.3) is 0 Å². The van der Waals surface area contributed by atoms with Crippen LogP contribution < -0.4 is 0 Å². The van der Waals surface area contributed by atoms with Crippen LogP contribution in [0.5, 0.6) is 0 Å². The molecule has 122 valence electrons. The number of hydrogen-bond acceptors (Lipinski definition) is 3. The molecule has 0 bridgehead atoms. The summed E-state index contributed by atoms with van der Waals surface area (Å²) in [5.41, 5.74) is -1.16. The zero-order valence-corrected chi connectivity index (χ0v) is 12.9. The third-order valence-corrected chi connectivity index (χ3v) is 5.40. The van der Waals surface area contributed by atoms with Crippen molar-refractivity contribution >= 4 is 17.8 Å². The van der Waals surface area contributed by atoms with Gasteiger partial charge in [0.15, 0.2) is 0 Å². The van der Waals surface area contributed by atoms with E-state index in [0.717, 1.165) is 25.7 Å². The Morgan fingerprint density at radius 1 is 0.864 bits per heavy atom. The second-order valence-electron chi connectivity index (χ2n) is 6.84. The molecule has 0 atom stereocenters. The second kappa shape index (κ2) is 5.89. The van der Waals surface area contributed by atoms with Gasteiger partial charge in [0.2, 0.25) is 11.8 Å². The zero-order chi connectivity index (χ0) is 15.7. The van der Waals surface area contributed by atoms with Crippen LogP contribution in [0.1, 0.15) is 44.9 Å². The van der Waals surface area contributed by atoms with E-state index in [2.05, 4.69) is 0 Å². The lowest BCUT2D eigenvalue weighted by atomic mass is 9.88. The standard InChI is InChI=1S/C16H24N2O4/c19-13(12-4-2-1-3-5-12)17-8-10-18(11-9-17)14(20)16(6-7-16)15(21)22/h12H,1-11H2,(H,21,22). The van der Waals surface area contributed by atoms with Gasteiger partial charge in [0, 0.05) is 32.1 Å². The fraction of sp³-hybridized carbons (Fsp3) is 0.812. The van der Waals surface area contributed by atoms with E-state index in [4.69, 9.17) is 0 Å². The molecule has 6 nitrogen and oxygen atoms in total. The van der Waals surface area contributed by atoms with Crippen molar-refractivity contribution in [1.29, 1.82) is 0 Å². The smallest absolute Gasteiger partial charge is 0.319 e. The van der Waals surface area contributed by atoms with E-state index in [9.17, 15) is 19.5 Å². The summed E-state index contributed by atoms with van der Waals surface area (Å²) in [7, 11) is 0. The summed E-state index contributed by atoms with van der Waals surface area (Å²) >= 11 is 0. The minimum atomic E-state index is -1.16. The number of amides is 2. The van der Waals surface area contributed by atoms with Crippen LogP contribution in [-0.2, 0) is 14.4 Å². The number of piperazine rings is 1. The lowest BCUT2D eigenvalue weighted by molar-refractivity contribution is -0.155. The molecule has 3 fully saturated rings. The summed E-state index contributed by atoms with van der Waals surface area (Å²) in [6.45, 7) is 2.01. The molecule has 1 saturated heterocycles. The number of carboxylic acids is 1. The highest BCUT2D eigenvalue weighted by molar-refractivity contribution is 6.04. The van der Waals surface area contributed by atoms with Gasteiger partial charge in [-0.25, -0.2) is 0 Å². The molecule has 0 unspecified atom stereocenters. The Labute approximate surface area is 130 Å². The number of carbonyl (C=O) groups excluding carboxylic acids is 2. The molecule has 22 heavy (non-hydrogen) atoms. The Morgan fingerprint density at radius 2 is 1.41 bits per heavy atom. The molecule has 3 aliphatic rings. The van der Waals surface area contributed by atoms with Crippen molar-refractivity contribution in [1.82, 2.24) is 9.80 Å². The maximum absolute atomic E-state index is 12.5. The third kappa shape index (κ3) is 2.71. The van der Waals surface area contributed by atoms with Gasteiger partial charge in [-0.2, -0.15) is 0 Å². The van der Waals surface area contributed by atoms with E-state index < -0.39 is 11.4 Å². The Morgan fingerprint density at radius 3 is 1.91 bits per heavy atom. The van der Waals surface area contributed by atoms with Crippen molar-refractivity contribution < 1.29 is 19.5 Å². The van der Waals surface area contributed by atoms with E-state index in [1.807, 2.05) is 4.90 Å². The van der Waals surface area contributed by atoms with Crippen LogP contribution in [-0.4, -0.2) is 58.9 Å². The first-order chi connectivity index (χ1) is 10.5. The van der Waals surface area contributed by atoms with Crippen molar-refractivity contribution in [2.24, 2.45) is 11.3 Å². The van der Waals surface area contributed by atoms with Crippen molar-refractivity contribution in [2.45, 2.75) is 44.9 Å². The normalized spacial score (nSPS) is 24.9. The largest absolute Gasteiger partial charge is 0.480 e. The number of carboxylic acid groups (broad SMARTS) is 1. The van der Waals surface area contributed by atoms with Gasteiger partial charge in [-0.15, -0.1) is 0 Å². The van der Waals surface area contributed by atoms with Gasteiger partial charge >= 0.3 is 5.97 Å². The van der Waals surface area contributed by atoms with Crippen molar-refractivity contribution in [3.8, 4) is 0 Å². The van der Waals surface area contributed by atoms with Gasteiger partial charge in [-0.3, -0.25) is 14.4 Å². The number of aliphatic carboxylic acids is 1. The van der Waals surface area contributed by atoms with E-state index in [1.54, 1.807) is 4.90 Å². The molecular formula is C16H24N2O4. The second-order valence-corrected chi connectivity index (χ2v) is 6.84. The number of nitrogens with zero attached hydrogens (tertiary/aromatic N) is 2. The van der Waals surface area contributed by atoms with Crippen molar-refractivity contribution in [3.05, 3.63) is 0 Å².